The van der Waals surface area contributed by atoms with Crippen molar-refractivity contribution in [3.05, 3.63) is 29.8 Å². The van der Waals surface area contributed by atoms with Crippen molar-refractivity contribution in [1.29, 1.82) is 0 Å². The lowest BCUT2D eigenvalue weighted by molar-refractivity contribution is -0.137. The minimum Gasteiger partial charge on any atom is -0.497 e. The molecular formula is C19H26N4O4. The number of amides is 4. The van der Waals surface area contributed by atoms with E-state index in [1.165, 1.54) is 17.5 Å². The molecule has 3 rings (SSSR count). The fraction of sp³-hybridized carbons (Fsp3) is 0.526. The van der Waals surface area contributed by atoms with E-state index in [0.29, 0.717) is 13.1 Å². The molecule has 1 aromatic rings. The second-order valence-electron chi connectivity index (χ2n) is 7.02. The first kappa shape index (κ1) is 19.2. The average Bonchev–Trinajstić information content (AvgIpc) is 2.86. The number of piperazine rings is 1. The second kappa shape index (κ2) is 7.96. The largest absolute Gasteiger partial charge is 0.497 e. The Morgan fingerprint density at radius 3 is 2.44 bits per heavy atom. The molecule has 0 spiro atoms. The predicted molar refractivity (Wildman–Crippen MR) is 99.2 cm³/mol. The highest BCUT2D eigenvalue weighted by Crippen LogP contribution is 2.19. The Kier molecular flexibility index (Phi) is 5.65. The summed E-state index contributed by atoms with van der Waals surface area (Å²) in [7, 11) is 4.66. The van der Waals surface area contributed by atoms with Gasteiger partial charge in [0.1, 0.15) is 11.8 Å². The first-order chi connectivity index (χ1) is 12.9. The van der Waals surface area contributed by atoms with Crippen molar-refractivity contribution >= 4 is 17.8 Å². The number of carbonyl (C=O) groups excluding carboxylic acids is 3. The second-order valence-corrected chi connectivity index (χ2v) is 7.02. The third-order valence-electron chi connectivity index (χ3n) is 5.31. The number of carbonyl (C=O) groups is 3. The highest BCUT2D eigenvalue weighted by molar-refractivity contribution is 6.05. The first-order valence-electron chi connectivity index (χ1n) is 9.08. The van der Waals surface area contributed by atoms with Crippen LogP contribution in [-0.4, -0.2) is 90.9 Å². The summed E-state index contributed by atoms with van der Waals surface area (Å²) in [6.45, 7) is 3.60. The zero-order valence-corrected chi connectivity index (χ0v) is 16.1. The SMILES string of the molecule is COc1cccc(CN2CCN(C(=O)C[C@H]3C(=O)N(C)C(=O)N3C)CC2)c1. The lowest BCUT2D eigenvalue weighted by Crippen LogP contribution is -2.49. The van der Waals surface area contributed by atoms with Crippen LogP contribution in [0.4, 0.5) is 4.79 Å². The first-order valence-corrected chi connectivity index (χ1v) is 9.08. The highest BCUT2D eigenvalue weighted by atomic mass is 16.5. The van der Waals surface area contributed by atoms with Crippen molar-refractivity contribution in [2.75, 3.05) is 47.4 Å². The van der Waals surface area contributed by atoms with Crippen LogP contribution in [0.15, 0.2) is 24.3 Å². The van der Waals surface area contributed by atoms with E-state index in [2.05, 4.69) is 11.0 Å². The van der Waals surface area contributed by atoms with Crippen molar-refractivity contribution in [1.82, 2.24) is 19.6 Å². The van der Waals surface area contributed by atoms with Gasteiger partial charge in [-0.1, -0.05) is 12.1 Å². The Morgan fingerprint density at radius 2 is 1.85 bits per heavy atom. The number of nitrogens with zero attached hydrogens (tertiary/aromatic N) is 4. The van der Waals surface area contributed by atoms with Gasteiger partial charge in [-0.3, -0.25) is 19.4 Å². The van der Waals surface area contributed by atoms with Crippen molar-refractivity contribution in [3.63, 3.8) is 0 Å². The van der Waals surface area contributed by atoms with E-state index < -0.39 is 6.04 Å². The molecule has 1 atom stereocenters. The number of likely N-dealkylation sites (N-methyl/N-ethyl adjacent to an activating group) is 2. The lowest BCUT2D eigenvalue weighted by atomic mass is 10.1. The van der Waals surface area contributed by atoms with E-state index in [0.717, 1.165) is 30.3 Å². The van der Waals surface area contributed by atoms with Gasteiger partial charge < -0.3 is 14.5 Å². The number of benzene rings is 1. The molecule has 146 valence electrons. The van der Waals surface area contributed by atoms with Crippen LogP contribution in [0.2, 0.25) is 0 Å². The molecule has 2 fully saturated rings. The third kappa shape index (κ3) is 4.05. The third-order valence-corrected chi connectivity index (χ3v) is 5.31. The fourth-order valence-corrected chi connectivity index (χ4v) is 3.56. The minimum absolute atomic E-state index is 0.0430. The molecule has 0 saturated carbocycles. The molecule has 8 nitrogen and oxygen atoms in total. The van der Waals surface area contributed by atoms with Gasteiger partial charge in [-0.2, -0.15) is 0 Å². The molecule has 0 aliphatic carbocycles. The van der Waals surface area contributed by atoms with Crippen LogP contribution in [0, 0.1) is 0 Å². The minimum atomic E-state index is -0.690. The van der Waals surface area contributed by atoms with Gasteiger partial charge in [0.15, 0.2) is 0 Å². The summed E-state index contributed by atoms with van der Waals surface area (Å²) < 4.78 is 5.26. The maximum atomic E-state index is 12.6. The highest BCUT2D eigenvalue weighted by Gasteiger charge is 2.42. The van der Waals surface area contributed by atoms with Crippen LogP contribution < -0.4 is 4.74 Å². The van der Waals surface area contributed by atoms with Crippen LogP contribution in [0.1, 0.15) is 12.0 Å². The number of hydrogen-bond donors (Lipinski definition) is 0. The number of hydrogen-bond acceptors (Lipinski definition) is 5. The average molecular weight is 374 g/mol. The molecule has 0 N–H and O–H groups in total. The van der Waals surface area contributed by atoms with Gasteiger partial charge in [-0.25, -0.2) is 4.79 Å². The van der Waals surface area contributed by atoms with Gasteiger partial charge in [0.25, 0.3) is 5.91 Å². The number of methoxy groups -OCH3 is 1. The molecular weight excluding hydrogens is 348 g/mol. The molecule has 2 aliphatic heterocycles. The van der Waals surface area contributed by atoms with Gasteiger partial charge >= 0.3 is 6.03 Å². The summed E-state index contributed by atoms with van der Waals surface area (Å²) in [5.41, 5.74) is 1.17. The molecule has 8 heteroatoms. The summed E-state index contributed by atoms with van der Waals surface area (Å²) in [6, 6.07) is 6.93. The topological polar surface area (TPSA) is 73.4 Å². The summed E-state index contributed by atoms with van der Waals surface area (Å²) in [5.74, 6) is 0.447. The molecule has 0 radical (unpaired) electrons. The normalized spacial score (nSPS) is 21.1. The van der Waals surface area contributed by atoms with E-state index in [9.17, 15) is 14.4 Å². The summed E-state index contributed by atoms with van der Waals surface area (Å²) >= 11 is 0. The van der Waals surface area contributed by atoms with Gasteiger partial charge in [0.2, 0.25) is 5.91 Å². The Hall–Kier alpha value is -2.61. The van der Waals surface area contributed by atoms with E-state index in [1.54, 1.807) is 19.1 Å². The van der Waals surface area contributed by atoms with Gasteiger partial charge in [0, 0.05) is 46.8 Å². The van der Waals surface area contributed by atoms with E-state index >= 15 is 0 Å². The molecule has 27 heavy (non-hydrogen) atoms. The maximum Gasteiger partial charge on any atom is 0.326 e. The standard InChI is InChI=1S/C19H26N4O4/c1-20-16(18(25)21(2)19(20)26)12-17(24)23-9-7-22(8-10-23)13-14-5-4-6-15(11-14)27-3/h4-6,11,16H,7-10,12-13H2,1-3H3/t16-/m0/s1. The monoisotopic (exact) mass is 374 g/mol. The lowest BCUT2D eigenvalue weighted by Gasteiger charge is -2.35. The molecule has 2 aliphatic rings. The predicted octanol–water partition coefficient (Wildman–Crippen LogP) is 0.622. The van der Waals surface area contributed by atoms with Gasteiger partial charge in [-0.15, -0.1) is 0 Å². The molecule has 0 aromatic heterocycles. The van der Waals surface area contributed by atoms with Crippen molar-refractivity contribution in [2.24, 2.45) is 0 Å². The Balaban J connectivity index is 1.51. The summed E-state index contributed by atoms with van der Waals surface area (Å²) in [6.07, 6.45) is 0.0430. The molecule has 1 aromatic carbocycles. The van der Waals surface area contributed by atoms with Crippen molar-refractivity contribution < 1.29 is 19.1 Å². The van der Waals surface area contributed by atoms with Crippen LogP contribution >= 0.6 is 0 Å². The molecule has 0 bridgehead atoms. The van der Waals surface area contributed by atoms with Gasteiger partial charge in [-0.05, 0) is 17.7 Å². The van der Waals surface area contributed by atoms with E-state index in [-0.39, 0.29) is 24.3 Å². The van der Waals surface area contributed by atoms with Gasteiger partial charge in [0.05, 0.1) is 13.5 Å². The molecule has 2 saturated heterocycles. The number of imide groups is 1. The smallest absolute Gasteiger partial charge is 0.326 e. The van der Waals surface area contributed by atoms with Crippen LogP contribution in [0.3, 0.4) is 0 Å². The van der Waals surface area contributed by atoms with Crippen LogP contribution in [0.5, 0.6) is 5.75 Å². The number of urea groups is 1. The van der Waals surface area contributed by atoms with Crippen LogP contribution in [-0.2, 0) is 16.1 Å². The van der Waals surface area contributed by atoms with E-state index in [4.69, 9.17) is 4.74 Å². The quantitative estimate of drug-likeness (QED) is 0.707. The van der Waals surface area contributed by atoms with Crippen molar-refractivity contribution in [3.8, 4) is 5.75 Å². The summed E-state index contributed by atoms with van der Waals surface area (Å²) in [4.78, 5) is 43.0. The number of rotatable bonds is 5. The van der Waals surface area contributed by atoms with Crippen LogP contribution in [0.25, 0.3) is 0 Å². The zero-order chi connectivity index (χ0) is 19.6. The van der Waals surface area contributed by atoms with Crippen molar-refractivity contribution in [2.45, 2.75) is 19.0 Å². The summed E-state index contributed by atoms with van der Waals surface area (Å²) in [5, 5.41) is 0. The maximum absolute atomic E-state index is 12.6. The fourth-order valence-electron chi connectivity index (χ4n) is 3.56. The Labute approximate surface area is 159 Å². The Bertz CT molecular complexity index is 730. The van der Waals surface area contributed by atoms with E-state index in [1.807, 2.05) is 18.2 Å². The molecule has 0 unspecified atom stereocenters. The molecule has 2 heterocycles. The number of ether oxygens (including phenoxy) is 1. The molecule has 4 amide bonds. The zero-order valence-electron chi connectivity index (χ0n) is 16.1. The Morgan fingerprint density at radius 1 is 1.15 bits per heavy atom.